The van der Waals surface area contributed by atoms with E-state index in [1.165, 1.54) is 18.4 Å². The summed E-state index contributed by atoms with van der Waals surface area (Å²) >= 11 is 6.30. The summed E-state index contributed by atoms with van der Waals surface area (Å²) in [5.74, 6) is 1.49. The molecule has 1 N–H and O–H groups in total. The zero-order chi connectivity index (χ0) is 13.3. The number of fused-ring (bicyclic) bond motifs is 1. The minimum Gasteiger partial charge on any atom is -0.486 e. The van der Waals surface area contributed by atoms with Crippen molar-refractivity contribution in [2.24, 2.45) is 0 Å². The lowest BCUT2D eigenvalue weighted by Gasteiger charge is -2.29. The summed E-state index contributed by atoms with van der Waals surface area (Å²) in [4.78, 5) is 0. The molecule has 2 aliphatic heterocycles. The van der Waals surface area contributed by atoms with Crippen LogP contribution in [-0.4, -0.2) is 25.3 Å². The van der Waals surface area contributed by atoms with Gasteiger partial charge in [-0.3, -0.25) is 0 Å². The fourth-order valence-corrected chi connectivity index (χ4v) is 3.39. The van der Waals surface area contributed by atoms with E-state index in [9.17, 15) is 0 Å². The lowest BCUT2D eigenvalue weighted by atomic mass is 9.87. The molecule has 3 rings (SSSR count). The molecule has 0 aliphatic carbocycles. The van der Waals surface area contributed by atoms with Crippen LogP contribution in [0.1, 0.15) is 31.7 Å². The lowest BCUT2D eigenvalue weighted by molar-refractivity contribution is 0.171. The summed E-state index contributed by atoms with van der Waals surface area (Å²) in [6.07, 6.45) is 4.63. The third-order valence-corrected chi connectivity index (χ3v) is 4.49. The molecule has 0 saturated carbocycles. The summed E-state index contributed by atoms with van der Waals surface area (Å²) in [5, 5.41) is 4.32. The van der Waals surface area contributed by atoms with Crippen molar-refractivity contribution in [3.63, 3.8) is 0 Å². The van der Waals surface area contributed by atoms with Crippen molar-refractivity contribution in [2.45, 2.75) is 38.1 Å². The van der Waals surface area contributed by atoms with E-state index in [4.69, 9.17) is 21.1 Å². The quantitative estimate of drug-likeness (QED) is 0.923. The number of halogens is 1. The summed E-state index contributed by atoms with van der Waals surface area (Å²) in [5.41, 5.74) is 1.46. The average molecular weight is 282 g/mol. The van der Waals surface area contributed by atoms with Crippen LogP contribution >= 0.6 is 11.6 Å². The molecule has 0 spiro atoms. The number of nitrogens with one attached hydrogen (secondary N) is 1. The molecule has 1 aromatic rings. The lowest BCUT2D eigenvalue weighted by Crippen LogP contribution is -2.41. The third-order valence-electron chi connectivity index (χ3n) is 4.21. The Hall–Kier alpha value is -0.930. The second-order valence-electron chi connectivity index (χ2n) is 5.44. The molecule has 0 bridgehead atoms. The van der Waals surface area contributed by atoms with Crippen LogP contribution < -0.4 is 14.8 Å². The first-order chi connectivity index (χ1) is 9.22. The van der Waals surface area contributed by atoms with E-state index in [2.05, 4.69) is 18.3 Å². The Balaban J connectivity index is 1.87. The highest BCUT2D eigenvalue weighted by Gasteiger charge is 2.32. The topological polar surface area (TPSA) is 30.5 Å². The number of ether oxygens (including phenoxy) is 2. The van der Waals surface area contributed by atoms with Gasteiger partial charge in [0.15, 0.2) is 11.5 Å². The van der Waals surface area contributed by atoms with Crippen LogP contribution in [0.4, 0.5) is 0 Å². The molecule has 0 radical (unpaired) electrons. The molecule has 4 heteroatoms. The normalized spacial score (nSPS) is 25.6. The maximum atomic E-state index is 6.30. The molecule has 2 heterocycles. The largest absolute Gasteiger partial charge is 0.486 e. The van der Waals surface area contributed by atoms with Crippen molar-refractivity contribution in [3.05, 3.63) is 22.7 Å². The summed E-state index contributed by atoms with van der Waals surface area (Å²) in [6, 6.07) is 4.10. The molecule has 1 fully saturated rings. The van der Waals surface area contributed by atoms with Gasteiger partial charge in [0.1, 0.15) is 13.2 Å². The highest BCUT2D eigenvalue weighted by molar-refractivity contribution is 6.32. The maximum absolute atomic E-state index is 6.30. The number of hydrogen-bond acceptors (Lipinski definition) is 3. The van der Waals surface area contributed by atoms with Crippen LogP contribution in [0.5, 0.6) is 11.5 Å². The van der Waals surface area contributed by atoms with Gasteiger partial charge in [-0.1, -0.05) is 18.5 Å². The van der Waals surface area contributed by atoms with Gasteiger partial charge < -0.3 is 14.8 Å². The van der Waals surface area contributed by atoms with Gasteiger partial charge in [-0.25, -0.2) is 0 Å². The summed E-state index contributed by atoms with van der Waals surface area (Å²) in [6.45, 7) is 4.54. The Labute approximate surface area is 119 Å². The van der Waals surface area contributed by atoms with E-state index >= 15 is 0 Å². The first kappa shape index (κ1) is 13.1. The standard InChI is InChI=1S/C15H20ClNO2/c1-2-15(4-3-5-17-15)10-11-8-12(16)14-13(9-11)18-6-7-19-14/h8-9,17H,2-7,10H2,1H3. The van der Waals surface area contributed by atoms with Crippen molar-refractivity contribution in [1.29, 1.82) is 0 Å². The fraction of sp³-hybridized carbons (Fsp3) is 0.600. The molecule has 19 heavy (non-hydrogen) atoms. The molecule has 3 nitrogen and oxygen atoms in total. The third kappa shape index (κ3) is 2.54. The van der Waals surface area contributed by atoms with E-state index in [1.54, 1.807) is 0 Å². The van der Waals surface area contributed by atoms with Gasteiger partial charge in [0.25, 0.3) is 0 Å². The molecule has 0 aromatic heterocycles. The first-order valence-corrected chi connectivity index (χ1v) is 7.43. The Bertz CT molecular complexity index is 469. The molecule has 2 aliphatic rings. The highest BCUT2D eigenvalue weighted by Crippen LogP contribution is 2.39. The van der Waals surface area contributed by atoms with Gasteiger partial charge in [-0.15, -0.1) is 0 Å². The Morgan fingerprint density at radius 2 is 2.16 bits per heavy atom. The fourth-order valence-electron chi connectivity index (χ4n) is 3.10. The van der Waals surface area contributed by atoms with Crippen LogP contribution in [0.3, 0.4) is 0 Å². The van der Waals surface area contributed by atoms with E-state index < -0.39 is 0 Å². The Kier molecular flexibility index (Phi) is 3.59. The molecular weight excluding hydrogens is 262 g/mol. The van der Waals surface area contributed by atoms with Gasteiger partial charge >= 0.3 is 0 Å². The molecule has 104 valence electrons. The SMILES string of the molecule is CCC1(Cc2cc(Cl)c3c(c2)OCCO3)CCCN1. The Morgan fingerprint density at radius 3 is 2.89 bits per heavy atom. The number of rotatable bonds is 3. The monoisotopic (exact) mass is 281 g/mol. The Morgan fingerprint density at radius 1 is 1.32 bits per heavy atom. The molecule has 1 atom stereocenters. The predicted octanol–water partition coefficient (Wildman–Crippen LogP) is 3.19. The second kappa shape index (κ2) is 5.22. The van der Waals surface area contributed by atoms with Crippen molar-refractivity contribution >= 4 is 11.6 Å². The van der Waals surface area contributed by atoms with Crippen molar-refractivity contribution in [3.8, 4) is 11.5 Å². The van der Waals surface area contributed by atoms with Crippen molar-refractivity contribution < 1.29 is 9.47 Å². The molecule has 0 amide bonds. The average Bonchev–Trinajstić information content (AvgIpc) is 2.88. The van der Waals surface area contributed by atoms with Gasteiger partial charge in [-0.2, -0.15) is 0 Å². The van der Waals surface area contributed by atoms with Crippen LogP contribution in [-0.2, 0) is 6.42 Å². The van der Waals surface area contributed by atoms with Crippen LogP contribution in [0.2, 0.25) is 5.02 Å². The molecule has 1 unspecified atom stereocenters. The first-order valence-electron chi connectivity index (χ1n) is 7.05. The second-order valence-corrected chi connectivity index (χ2v) is 5.85. The van der Waals surface area contributed by atoms with E-state index in [0.717, 1.165) is 25.1 Å². The number of benzene rings is 1. The van der Waals surface area contributed by atoms with Gasteiger partial charge in [0, 0.05) is 5.54 Å². The predicted molar refractivity (Wildman–Crippen MR) is 76.4 cm³/mol. The van der Waals surface area contributed by atoms with Gasteiger partial charge in [0.2, 0.25) is 0 Å². The summed E-state index contributed by atoms with van der Waals surface area (Å²) < 4.78 is 11.2. The van der Waals surface area contributed by atoms with Gasteiger partial charge in [0.05, 0.1) is 5.02 Å². The minimum absolute atomic E-state index is 0.229. The van der Waals surface area contributed by atoms with Crippen LogP contribution in [0, 0.1) is 0 Å². The van der Waals surface area contributed by atoms with E-state index in [1.807, 2.05) is 6.07 Å². The minimum atomic E-state index is 0.229. The number of hydrogen-bond donors (Lipinski definition) is 1. The summed E-state index contributed by atoms with van der Waals surface area (Å²) in [7, 11) is 0. The van der Waals surface area contributed by atoms with Gasteiger partial charge in [-0.05, 0) is 49.9 Å². The smallest absolute Gasteiger partial charge is 0.179 e. The van der Waals surface area contributed by atoms with Crippen LogP contribution in [0.25, 0.3) is 0 Å². The van der Waals surface area contributed by atoms with E-state index in [0.29, 0.717) is 24.0 Å². The molecule has 1 saturated heterocycles. The zero-order valence-electron chi connectivity index (χ0n) is 11.3. The molecular formula is C15H20ClNO2. The molecule has 1 aromatic carbocycles. The van der Waals surface area contributed by atoms with E-state index in [-0.39, 0.29) is 5.54 Å². The zero-order valence-corrected chi connectivity index (χ0v) is 12.1. The van der Waals surface area contributed by atoms with Crippen LogP contribution in [0.15, 0.2) is 12.1 Å². The maximum Gasteiger partial charge on any atom is 0.179 e. The van der Waals surface area contributed by atoms with Crippen molar-refractivity contribution in [2.75, 3.05) is 19.8 Å². The van der Waals surface area contributed by atoms with Crippen molar-refractivity contribution in [1.82, 2.24) is 5.32 Å². The highest BCUT2D eigenvalue weighted by atomic mass is 35.5.